The molecule has 0 amide bonds. The van der Waals surface area contributed by atoms with E-state index in [1.54, 1.807) is 0 Å². The van der Waals surface area contributed by atoms with Gasteiger partial charge in [-0.05, 0) is 67.7 Å². The van der Waals surface area contributed by atoms with Gasteiger partial charge in [-0.1, -0.05) is 71.9 Å². The lowest BCUT2D eigenvalue weighted by atomic mass is 9.97. The minimum absolute atomic E-state index is 1.27. The van der Waals surface area contributed by atoms with Crippen molar-refractivity contribution in [2.24, 2.45) is 0 Å². The first kappa shape index (κ1) is 14.4. The quantitative estimate of drug-likeness (QED) is 0.297. The summed E-state index contributed by atoms with van der Waals surface area (Å²) >= 11 is 0. The van der Waals surface area contributed by atoms with Gasteiger partial charge in [0.1, 0.15) is 0 Å². The van der Waals surface area contributed by atoms with Crippen LogP contribution in [-0.2, 0) is 0 Å². The largest absolute Gasteiger partial charge is 0.0691 e. The van der Waals surface area contributed by atoms with Gasteiger partial charge in [-0.15, -0.1) is 0 Å². The van der Waals surface area contributed by atoms with E-state index in [0.717, 1.165) is 0 Å². The van der Waals surface area contributed by atoms with Crippen LogP contribution in [0.1, 0.15) is 0 Å². The topological polar surface area (TPSA) is 0 Å². The van der Waals surface area contributed by atoms with Crippen LogP contribution in [-0.4, -0.2) is 10.2 Å². The van der Waals surface area contributed by atoms with E-state index in [4.69, 9.17) is 0 Å². The molecule has 0 aromatic heterocycles. The second-order valence-corrected chi connectivity index (χ2v) is 7.47. The second kappa shape index (κ2) is 5.57. The minimum Gasteiger partial charge on any atom is -0.0691 e. The summed E-state index contributed by atoms with van der Waals surface area (Å²) in [5.41, 5.74) is 2.55. The van der Waals surface area contributed by atoms with Gasteiger partial charge in [0.25, 0.3) is 0 Å². The second-order valence-electron chi connectivity index (χ2n) is 6.66. The van der Waals surface area contributed by atoms with E-state index < -0.39 is 0 Å². The van der Waals surface area contributed by atoms with Crippen LogP contribution < -0.4 is 5.19 Å². The molecule has 0 nitrogen and oxygen atoms in total. The van der Waals surface area contributed by atoms with Gasteiger partial charge in [-0.25, -0.2) is 0 Å². The molecule has 1 radical (unpaired) electrons. The van der Waals surface area contributed by atoms with Crippen molar-refractivity contribution in [3.05, 3.63) is 91.0 Å². The zero-order chi connectivity index (χ0) is 16.8. The highest BCUT2D eigenvalue weighted by Gasteiger charge is 2.03. The van der Waals surface area contributed by atoms with Crippen LogP contribution in [0.25, 0.3) is 43.4 Å². The highest BCUT2D eigenvalue weighted by Crippen LogP contribution is 2.29. The number of benzene rings is 5. The Kier molecular flexibility index (Phi) is 3.22. The summed E-state index contributed by atoms with van der Waals surface area (Å²) in [4.78, 5) is 0. The lowest BCUT2D eigenvalue weighted by Gasteiger charge is -2.08. The van der Waals surface area contributed by atoms with E-state index in [-0.39, 0.29) is 0 Å². The zero-order valence-electron chi connectivity index (χ0n) is 13.9. The Morgan fingerprint density at radius 1 is 0.400 bits per heavy atom. The standard InChI is InChI=1S/C24H17Si/c25-24-10-9-16-5-6-19(14-23(16)15-24)20-7-8-21-11-17-3-1-2-4-18(17)12-22(21)13-20/h1-15H,25H2. The molecule has 0 aliphatic heterocycles. The predicted molar refractivity (Wildman–Crippen MR) is 113 cm³/mol. The Hall–Kier alpha value is -2.90. The third-order valence-electron chi connectivity index (χ3n) is 4.94. The minimum atomic E-state index is 1.27. The number of hydrogen-bond acceptors (Lipinski definition) is 0. The molecular weight excluding hydrogens is 316 g/mol. The highest BCUT2D eigenvalue weighted by molar-refractivity contribution is 6.33. The van der Waals surface area contributed by atoms with Gasteiger partial charge in [0, 0.05) is 10.2 Å². The molecule has 0 heterocycles. The van der Waals surface area contributed by atoms with Crippen molar-refractivity contribution in [3.63, 3.8) is 0 Å². The summed E-state index contributed by atoms with van der Waals surface area (Å²) < 4.78 is 0. The van der Waals surface area contributed by atoms with Crippen molar-refractivity contribution in [1.82, 2.24) is 0 Å². The molecule has 0 spiro atoms. The lowest BCUT2D eigenvalue weighted by molar-refractivity contribution is 1.69. The van der Waals surface area contributed by atoms with Crippen molar-refractivity contribution in [1.29, 1.82) is 0 Å². The molecule has 117 valence electrons. The molecule has 0 aliphatic rings. The average Bonchev–Trinajstić information content (AvgIpc) is 2.65. The maximum atomic E-state index is 2.31. The van der Waals surface area contributed by atoms with Crippen molar-refractivity contribution in [2.45, 2.75) is 0 Å². The van der Waals surface area contributed by atoms with Crippen LogP contribution in [0.2, 0.25) is 0 Å². The van der Waals surface area contributed by atoms with E-state index in [2.05, 4.69) is 91.0 Å². The molecule has 5 aromatic carbocycles. The average molecular weight is 333 g/mol. The molecule has 25 heavy (non-hydrogen) atoms. The molecular formula is C24H17Si. The van der Waals surface area contributed by atoms with E-state index >= 15 is 0 Å². The van der Waals surface area contributed by atoms with E-state index in [9.17, 15) is 0 Å². The fraction of sp³-hybridized carbons (Fsp3) is 0. The van der Waals surface area contributed by atoms with E-state index in [1.165, 1.54) is 48.6 Å². The fourth-order valence-corrected chi connectivity index (χ4v) is 3.93. The monoisotopic (exact) mass is 333 g/mol. The van der Waals surface area contributed by atoms with Crippen molar-refractivity contribution < 1.29 is 0 Å². The molecule has 0 aliphatic carbocycles. The SMILES string of the molecule is [SiH2]c1ccc2ccc(-c3ccc4cc5ccccc5cc4c3)cc2c1. The Morgan fingerprint density at radius 2 is 0.920 bits per heavy atom. The van der Waals surface area contributed by atoms with Gasteiger partial charge in [0.15, 0.2) is 0 Å². The summed E-state index contributed by atoms with van der Waals surface area (Å²) in [6.45, 7) is 0. The normalized spacial score (nSPS) is 11.4. The Bertz CT molecular complexity index is 1250. The fourth-order valence-electron chi connectivity index (χ4n) is 3.60. The number of fused-ring (bicyclic) bond motifs is 3. The first-order valence-corrected chi connectivity index (χ1v) is 9.26. The lowest BCUT2D eigenvalue weighted by Crippen LogP contribution is -1.99. The van der Waals surface area contributed by atoms with Gasteiger partial charge >= 0.3 is 0 Å². The molecule has 0 saturated heterocycles. The van der Waals surface area contributed by atoms with Gasteiger partial charge in [-0.3, -0.25) is 0 Å². The molecule has 0 saturated carbocycles. The predicted octanol–water partition coefficient (Wildman–Crippen LogP) is 5.07. The van der Waals surface area contributed by atoms with Crippen LogP contribution in [0.4, 0.5) is 0 Å². The van der Waals surface area contributed by atoms with Crippen molar-refractivity contribution in [3.8, 4) is 11.1 Å². The molecule has 0 N–H and O–H groups in total. The summed E-state index contributed by atoms with van der Waals surface area (Å²) in [5.74, 6) is 0. The maximum absolute atomic E-state index is 2.31. The third-order valence-corrected chi connectivity index (χ3v) is 5.38. The van der Waals surface area contributed by atoms with E-state index in [1.807, 2.05) is 10.2 Å². The maximum Gasteiger partial charge on any atom is 0.0477 e. The molecule has 0 unspecified atom stereocenters. The van der Waals surface area contributed by atoms with Gasteiger partial charge in [-0.2, -0.15) is 0 Å². The Balaban J connectivity index is 1.70. The van der Waals surface area contributed by atoms with Crippen LogP contribution in [0.3, 0.4) is 0 Å². The third kappa shape index (κ3) is 2.53. The number of hydrogen-bond donors (Lipinski definition) is 0. The van der Waals surface area contributed by atoms with Gasteiger partial charge in [0.2, 0.25) is 0 Å². The summed E-state index contributed by atoms with van der Waals surface area (Å²) in [5, 5.41) is 9.11. The summed E-state index contributed by atoms with van der Waals surface area (Å²) in [6, 6.07) is 33.3. The number of rotatable bonds is 1. The highest BCUT2D eigenvalue weighted by atomic mass is 28.1. The Morgan fingerprint density at radius 3 is 1.64 bits per heavy atom. The van der Waals surface area contributed by atoms with Gasteiger partial charge in [0.05, 0.1) is 0 Å². The molecule has 0 bridgehead atoms. The van der Waals surface area contributed by atoms with Gasteiger partial charge < -0.3 is 0 Å². The summed E-state index contributed by atoms with van der Waals surface area (Å²) in [7, 11) is 1.94. The molecule has 0 fully saturated rings. The first-order chi connectivity index (χ1) is 12.3. The Labute approximate surface area is 150 Å². The van der Waals surface area contributed by atoms with Crippen LogP contribution >= 0.6 is 0 Å². The van der Waals surface area contributed by atoms with Crippen LogP contribution in [0.15, 0.2) is 91.0 Å². The summed E-state index contributed by atoms with van der Waals surface area (Å²) in [6.07, 6.45) is 0. The first-order valence-electron chi connectivity index (χ1n) is 8.55. The smallest absolute Gasteiger partial charge is 0.0477 e. The molecule has 5 aromatic rings. The molecule has 1 heteroatoms. The zero-order valence-corrected chi connectivity index (χ0v) is 15.3. The van der Waals surface area contributed by atoms with Crippen molar-refractivity contribution >= 4 is 47.7 Å². The van der Waals surface area contributed by atoms with Crippen molar-refractivity contribution in [2.75, 3.05) is 0 Å². The van der Waals surface area contributed by atoms with Crippen LogP contribution in [0, 0.1) is 0 Å². The molecule has 5 rings (SSSR count). The van der Waals surface area contributed by atoms with E-state index in [0.29, 0.717) is 0 Å². The molecule has 0 atom stereocenters. The van der Waals surface area contributed by atoms with Crippen LogP contribution in [0.5, 0.6) is 0 Å².